The van der Waals surface area contributed by atoms with Crippen LogP contribution < -0.4 is 0 Å². The summed E-state index contributed by atoms with van der Waals surface area (Å²) < 4.78 is 38.4. The van der Waals surface area contributed by atoms with Crippen molar-refractivity contribution in [1.82, 2.24) is 20.0 Å². The summed E-state index contributed by atoms with van der Waals surface area (Å²) in [4.78, 5) is 15.3. The summed E-state index contributed by atoms with van der Waals surface area (Å²) in [7, 11) is 1.65. The van der Waals surface area contributed by atoms with E-state index in [1.807, 2.05) is 0 Å². The van der Waals surface area contributed by atoms with Crippen LogP contribution in [-0.2, 0) is 19.6 Å². The van der Waals surface area contributed by atoms with E-state index in [0.29, 0.717) is 11.9 Å². The van der Waals surface area contributed by atoms with Crippen LogP contribution in [0.4, 0.5) is 13.2 Å². The Labute approximate surface area is 106 Å². The molecule has 0 spiro atoms. The average Bonchev–Trinajstić information content (AvgIpc) is 2.74. The van der Waals surface area contributed by atoms with E-state index in [0.717, 1.165) is 12.1 Å². The van der Waals surface area contributed by atoms with Crippen LogP contribution in [0.2, 0.25) is 0 Å². The number of carbonyl (C=O) groups excluding carboxylic acids is 1. The molecule has 2 aromatic rings. The fraction of sp³-hybridized carbons (Fsp3) is 0.273. The van der Waals surface area contributed by atoms with Gasteiger partial charge < -0.3 is 0 Å². The molecule has 0 bridgehead atoms. The standard InChI is InChI=1S/C11H9F3N4O/c1-18-6-8(16-17-18)4-10(19)9-3-2-7(5-15-9)11(12,13)14/h2-3,5-6H,4H2,1H3. The van der Waals surface area contributed by atoms with Crippen molar-refractivity contribution in [3.05, 3.63) is 41.5 Å². The Morgan fingerprint density at radius 3 is 2.58 bits per heavy atom. The molecule has 0 unspecified atom stereocenters. The van der Waals surface area contributed by atoms with Crippen molar-refractivity contribution in [2.45, 2.75) is 12.6 Å². The molecule has 5 nitrogen and oxygen atoms in total. The van der Waals surface area contributed by atoms with Crippen molar-refractivity contribution in [3.63, 3.8) is 0 Å². The highest BCUT2D eigenvalue weighted by Crippen LogP contribution is 2.28. The van der Waals surface area contributed by atoms with Gasteiger partial charge in [0.25, 0.3) is 0 Å². The van der Waals surface area contributed by atoms with Crippen LogP contribution in [0, 0.1) is 0 Å². The van der Waals surface area contributed by atoms with E-state index < -0.39 is 17.5 Å². The molecule has 0 N–H and O–H groups in total. The summed E-state index contributed by atoms with van der Waals surface area (Å²) in [5.41, 5.74) is -0.476. The molecule has 0 saturated heterocycles. The van der Waals surface area contributed by atoms with Gasteiger partial charge in [0.05, 0.1) is 17.7 Å². The third-order valence-electron chi connectivity index (χ3n) is 2.37. The van der Waals surface area contributed by atoms with E-state index in [2.05, 4.69) is 15.3 Å². The van der Waals surface area contributed by atoms with Gasteiger partial charge in [-0.15, -0.1) is 5.10 Å². The maximum Gasteiger partial charge on any atom is 0.417 e. The van der Waals surface area contributed by atoms with Crippen molar-refractivity contribution in [2.75, 3.05) is 0 Å². The van der Waals surface area contributed by atoms with Crippen molar-refractivity contribution in [2.24, 2.45) is 7.05 Å². The maximum atomic E-state index is 12.3. The average molecular weight is 270 g/mol. The second kappa shape index (κ2) is 4.79. The predicted molar refractivity (Wildman–Crippen MR) is 58.3 cm³/mol. The lowest BCUT2D eigenvalue weighted by atomic mass is 10.1. The van der Waals surface area contributed by atoms with Crippen molar-refractivity contribution in [3.8, 4) is 0 Å². The van der Waals surface area contributed by atoms with Gasteiger partial charge >= 0.3 is 6.18 Å². The molecular weight excluding hydrogens is 261 g/mol. The monoisotopic (exact) mass is 270 g/mol. The van der Waals surface area contributed by atoms with Crippen LogP contribution in [0.1, 0.15) is 21.7 Å². The smallest absolute Gasteiger partial charge is 0.292 e. The molecule has 100 valence electrons. The topological polar surface area (TPSA) is 60.7 Å². The number of ketones is 1. The van der Waals surface area contributed by atoms with Crippen LogP contribution >= 0.6 is 0 Å². The zero-order valence-corrected chi connectivity index (χ0v) is 9.85. The number of hydrogen-bond acceptors (Lipinski definition) is 4. The number of carbonyl (C=O) groups is 1. The molecule has 2 rings (SSSR count). The first kappa shape index (κ1) is 13.2. The van der Waals surface area contributed by atoms with Gasteiger partial charge in [0.2, 0.25) is 0 Å². The van der Waals surface area contributed by atoms with Gasteiger partial charge in [-0.1, -0.05) is 5.21 Å². The highest BCUT2D eigenvalue weighted by atomic mass is 19.4. The van der Waals surface area contributed by atoms with Gasteiger partial charge in [-0.25, -0.2) is 0 Å². The van der Waals surface area contributed by atoms with Gasteiger partial charge in [-0.2, -0.15) is 13.2 Å². The number of nitrogens with zero attached hydrogens (tertiary/aromatic N) is 4. The van der Waals surface area contributed by atoms with Gasteiger partial charge in [0, 0.05) is 19.4 Å². The van der Waals surface area contributed by atoms with Crippen LogP contribution in [0.3, 0.4) is 0 Å². The van der Waals surface area contributed by atoms with E-state index in [4.69, 9.17) is 0 Å². The zero-order chi connectivity index (χ0) is 14.0. The lowest BCUT2D eigenvalue weighted by Gasteiger charge is -2.05. The molecule has 2 heterocycles. The summed E-state index contributed by atoms with van der Waals surface area (Å²) >= 11 is 0. The van der Waals surface area contributed by atoms with E-state index in [1.54, 1.807) is 13.2 Å². The maximum absolute atomic E-state index is 12.3. The van der Waals surface area contributed by atoms with E-state index in [-0.39, 0.29) is 12.1 Å². The number of alkyl halides is 3. The number of aryl methyl sites for hydroxylation is 1. The van der Waals surface area contributed by atoms with E-state index in [1.165, 1.54) is 4.68 Å². The first-order chi connectivity index (χ1) is 8.86. The minimum absolute atomic E-state index is 0.0290. The second-order valence-corrected chi connectivity index (χ2v) is 3.91. The third-order valence-corrected chi connectivity index (χ3v) is 2.37. The van der Waals surface area contributed by atoms with Gasteiger partial charge in [-0.05, 0) is 12.1 Å². The first-order valence-electron chi connectivity index (χ1n) is 5.28. The molecule has 8 heteroatoms. The Balaban J connectivity index is 2.12. The number of hydrogen-bond donors (Lipinski definition) is 0. The minimum Gasteiger partial charge on any atom is -0.292 e. The van der Waals surface area contributed by atoms with Crippen LogP contribution in [0.25, 0.3) is 0 Å². The summed E-state index contributed by atoms with van der Waals surface area (Å²) in [6, 6.07) is 1.89. The van der Waals surface area contributed by atoms with Crippen molar-refractivity contribution >= 4 is 5.78 Å². The number of halogens is 3. The summed E-state index contributed by atoms with van der Waals surface area (Å²) in [5.74, 6) is -0.408. The second-order valence-electron chi connectivity index (χ2n) is 3.91. The van der Waals surface area contributed by atoms with E-state index in [9.17, 15) is 18.0 Å². The normalized spacial score (nSPS) is 11.6. The molecule has 0 aromatic carbocycles. The van der Waals surface area contributed by atoms with Gasteiger partial charge in [-0.3, -0.25) is 14.5 Å². The van der Waals surface area contributed by atoms with Crippen LogP contribution in [0.15, 0.2) is 24.5 Å². The van der Waals surface area contributed by atoms with Crippen LogP contribution in [0.5, 0.6) is 0 Å². The third kappa shape index (κ3) is 3.15. The molecule has 0 radical (unpaired) electrons. The number of Topliss-reactive ketones (excluding diaryl/α,β-unsaturated/α-hetero) is 1. The fourth-order valence-corrected chi connectivity index (χ4v) is 1.46. The molecule has 0 aliphatic rings. The molecule has 19 heavy (non-hydrogen) atoms. The molecule has 0 aliphatic carbocycles. The van der Waals surface area contributed by atoms with Crippen LogP contribution in [-0.4, -0.2) is 25.8 Å². The van der Waals surface area contributed by atoms with Crippen molar-refractivity contribution < 1.29 is 18.0 Å². The summed E-state index contributed by atoms with van der Waals surface area (Å²) in [5, 5.41) is 7.38. The first-order valence-corrected chi connectivity index (χ1v) is 5.28. The Morgan fingerprint density at radius 2 is 2.11 bits per heavy atom. The van der Waals surface area contributed by atoms with E-state index >= 15 is 0 Å². The largest absolute Gasteiger partial charge is 0.417 e. The lowest BCUT2D eigenvalue weighted by Crippen LogP contribution is -2.10. The Hall–Kier alpha value is -2.25. The Morgan fingerprint density at radius 1 is 1.37 bits per heavy atom. The summed E-state index contributed by atoms with van der Waals surface area (Å²) in [6.07, 6.45) is -2.31. The van der Waals surface area contributed by atoms with Gasteiger partial charge in [0.15, 0.2) is 5.78 Å². The SMILES string of the molecule is Cn1cc(CC(=O)c2ccc(C(F)(F)F)cn2)nn1. The fourth-order valence-electron chi connectivity index (χ4n) is 1.46. The Kier molecular flexibility index (Phi) is 3.32. The number of rotatable bonds is 3. The quantitative estimate of drug-likeness (QED) is 0.796. The molecule has 0 amide bonds. The highest BCUT2D eigenvalue weighted by Gasteiger charge is 2.30. The Bertz CT molecular complexity index is 589. The number of pyridine rings is 1. The summed E-state index contributed by atoms with van der Waals surface area (Å²) in [6.45, 7) is 0. The number of aromatic nitrogens is 4. The molecule has 2 aromatic heterocycles. The highest BCUT2D eigenvalue weighted by molar-refractivity contribution is 5.95. The molecule has 0 atom stereocenters. The lowest BCUT2D eigenvalue weighted by molar-refractivity contribution is -0.137. The predicted octanol–water partition coefficient (Wildman–Crippen LogP) is 1.65. The van der Waals surface area contributed by atoms with Gasteiger partial charge in [0.1, 0.15) is 5.69 Å². The molecule has 0 saturated carbocycles. The molecule has 0 fully saturated rings. The van der Waals surface area contributed by atoms with Crippen molar-refractivity contribution in [1.29, 1.82) is 0 Å². The molecule has 0 aliphatic heterocycles. The minimum atomic E-state index is -4.46. The zero-order valence-electron chi connectivity index (χ0n) is 9.85. The molecular formula is C11H9F3N4O.